The number of hydrogen-bond donors (Lipinski definition) is 0. The molecule has 6 rings (SSSR count). The number of fused-ring (bicyclic) bond motifs is 3. The lowest BCUT2D eigenvalue weighted by Gasteiger charge is -2.30. The predicted molar refractivity (Wildman–Crippen MR) is 134 cm³/mol. The molecule has 4 aromatic rings. The SMILES string of the molecule is Cc1nc(-c2cn3c(n2)-c2ccc(-c4ccnn4C4CCN(C)CC4)cc2OCC3)n(C(C)C)n1. The predicted octanol–water partition coefficient (Wildman–Crippen LogP) is 4.22. The minimum Gasteiger partial charge on any atom is -0.491 e. The van der Waals surface area contributed by atoms with Crippen molar-refractivity contribution < 1.29 is 4.74 Å². The number of aryl methyl sites for hydroxylation is 1. The Balaban J connectivity index is 1.36. The van der Waals surface area contributed by atoms with E-state index in [2.05, 4.69) is 75.6 Å². The largest absolute Gasteiger partial charge is 0.491 e. The van der Waals surface area contributed by atoms with E-state index in [-0.39, 0.29) is 6.04 Å². The van der Waals surface area contributed by atoms with Gasteiger partial charge in [0.05, 0.1) is 23.8 Å². The molecule has 1 aromatic carbocycles. The molecule has 35 heavy (non-hydrogen) atoms. The van der Waals surface area contributed by atoms with Gasteiger partial charge in [-0.15, -0.1) is 0 Å². The Morgan fingerprint density at radius 1 is 1.03 bits per heavy atom. The van der Waals surface area contributed by atoms with E-state index in [9.17, 15) is 0 Å². The van der Waals surface area contributed by atoms with Crippen molar-refractivity contribution in [2.45, 2.75) is 52.2 Å². The van der Waals surface area contributed by atoms with Crippen molar-refractivity contribution in [2.24, 2.45) is 0 Å². The highest BCUT2D eigenvalue weighted by atomic mass is 16.5. The Bertz CT molecular complexity index is 1360. The molecule has 182 valence electrons. The molecule has 0 radical (unpaired) electrons. The van der Waals surface area contributed by atoms with E-state index < -0.39 is 0 Å². The summed E-state index contributed by atoms with van der Waals surface area (Å²) in [5.74, 6) is 3.32. The third-order valence-corrected chi connectivity index (χ3v) is 7.04. The molecule has 0 aliphatic carbocycles. The van der Waals surface area contributed by atoms with Gasteiger partial charge in [0.1, 0.15) is 29.7 Å². The summed E-state index contributed by atoms with van der Waals surface area (Å²) in [6, 6.07) is 9.18. The first kappa shape index (κ1) is 22.0. The highest BCUT2D eigenvalue weighted by Gasteiger charge is 2.25. The summed E-state index contributed by atoms with van der Waals surface area (Å²) >= 11 is 0. The van der Waals surface area contributed by atoms with Gasteiger partial charge in [-0.25, -0.2) is 14.6 Å². The molecule has 0 N–H and O–H groups in total. The van der Waals surface area contributed by atoms with Gasteiger partial charge < -0.3 is 14.2 Å². The van der Waals surface area contributed by atoms with Gasteiger partial charge in [-0.3, -0.25) is 4.68 Å². The molecule has 0 unspecified atom stereocenters. The van der Waals surface area contributed by atoms with Crippen LogP contribution in [-0.4, -0.2) is 65.7 Å². The summed E-state index contributed by atoms with van der Waals surface area (Å²) in [5.41, 5.74) is 4.09. The maximum Gasteiger partial charge on any atom is 0.178 e. The second-order valence-corrected chi connectivity index (χ2v) is 9.92. The summed E-state index contributed by atoms with van der Waals surface area (Å²) in [5, 5.41) is 9.26. The summed E-state index contributed by atoms with van der Waals surface area (Å²) in [6.07, 6.45) is 6.21. The van der Waals surface area contributed by atoms with Crippen LogP contribution in [0.2, 0.25) is 0 Å². The number of nitrogens with zero attached hydrogens (tertiary/aromatic N) is 8. The van der Waals surface area contributed by atoms with Crippen LogP contribution in [0.3, 0.4) is 0 Å². The van der Waals surface area contributed by atoms with Crippen LogP contribution in [0.25, 0.3) is 34.2 Å². The summed E-state index contributed by atoms with van der Waals surface area (Å²) in [6.45, 7) is 9.67. The highest BCUT2D eigenvalue weighted by Crippen LogP contribution is 2.38. The fourth-order valence-electron chi connectivity index (χ4n) is 5.19. The van der Waals surface area contributed by atoms with Crippen molar-refractivity contribution in [3.8, 4) is 39.9 Å². The van der Waals surface area contributed by atoms with Crippen LogP contribution < -0.4 is 4.74 Å². The van der Waals surface area contributed by atoms with Crippen molar-refractivity contribution >= 4 is 0 Å². The summed E-state index contributed by atoms with van der Waals surface area (Å²) in [4.78, 5) is 12.1. The van der Waals surface area contributed by atoms with Crippen LogP contribution in [0, 0.1) is 6.92 Å². The van der Waals surface area contributed by atoms with Gasteiger partial charge >= 0.3 is 0 Å². The third-order valence-electron chi connectivity index (χ3n) is 7.04. The fourth-order valence-corrected chi connectivity index (χ4v) is 5.19. The minimum atomic E-state index is 0.209. The van der Waals surface area contributed by atoms with Crippen molar-refractivity contribution in [3.63, 3.8) is 0 Å². The Morgan fingerprint density at radius 3 is 2.66 bits per heavy atom. The first-order valence-electron chi connectivity index (χ1n) is 12.5. The Hall–Kier alpha value is -3.46. The normalized spacial score (nSPS) is 16.7. The monoisotopic (exact) mass is 472 g/mol. The average molecular weight is 473 g/mol. The number of rotatable bonds is 4. The second-order valence-electron chi connectivity index (χ2n) is 9.92. The lowest BCUT2D eigenvalue weighted by Crippen LogP contribution is -2.32. The van der Waals surface area contributed by atoms with E-state index in [1.165, 1.54) is 0 Å². The van der Waals surface area contributed by atoms with Crippen molar-refractivity contribution in [1.29, 1.82) is 0 Å². The zero-order valence-electron chi connectivity index (χ0n) is 20.8. The van der Waals surface area contributed by atoms with Crippen LogP contribution in [-0.2, 0) is 6.54 Å². The number of benzene rings is 1. The summed E-state index contributed by atoms with van der Waals surface area (Å²) < 4.78 is 12.5. The highest BCUT2D eigenvalue weighted by molar-refractivity contribution is 5.74. The molecule has 1 saturated heterocycles. The molecule has 5 heterocycles. The van der Waals surface area contributed by atoms with Crippen LogP contribution in [0.1, 0.15) is 44.6 Å². The Morgan fingerprint density at radius 2 is 1.86 bits per heavy atom. The molecule has 2 aliphatic heterocycles. The number of imidazole rings is 1. The molecule has 3 aromatic heterocycles. The maximum absolute atomic E-state index is 6.21. The second kappa shape index (κ2) is 8.64. The van der Waals surface area contributed by atoms with Crippen molar-refractivity contribution in [3.05, 3.63) is 42.5 Å². The molecule has 9 nitrogen and oxygen atoms in total. The number of ether oxygens (including phenoxy) is 1. The van der Waals surface area contributed by atoms with E-state index in [0.717, 1.165) is 78.2 Å². The van der Waals surface area contributed by atoms with E-state index in [0.29, 0.717) is 12.6 Å². The van der Waals surface area contributed by atoms with Gasteiger partial charge in [-0.2, -0.15) is 10.2 Å². The topological polar surface area (TPSA) is 78.8 Å². The van der Waals surface area contributed by atoms with E-state index in [4.69, 9.17) is 14.8 Å². The van der Waals surface area contributed by atoms with E-state index in [1.54, 1.807) is 0 Å². The molecule has 0 amide bonds. The molecular weight excluding hydrogens is 440 g/mol. The number of aromatic nitrogens is 7. The number of piperidine rings is 1. The quantitative estimate of drug-likeness (QED) is 0.443. The Labute approximate surface area is 205 Å². The molecule has 0 spiro atoms. The molecule has 0 atom stereocenters. The van der Waals surface area contributed by atoms with Crippen LogP contribution >= 0.6 is 0 Å². The van der Waals surface area contributed by atoms with Gasteiger partial charge in [-0.05, 0) is 71.9 Å². The van der Waals surface area contributed by atoms with Gasteiger partial charge in [-0.1, -0.05) is 6.07 Å². The van der Waals surface area contributed by atoms with Gasteiger partial charge in [0.2, 0.25) is 0 Å². The summed E-state index contributed by atoms with van der Waals surface area (Å²) in [7, 11) is 2.19. The molecular formula is C26H32N8O. The molecule has 9 heteroatoms. The van der Waals surface area contributed by atoms with Gasteiger partial charge in [0.15, 0.2) is 5.82 Å². The standard InChI is InChI=1S/C26H32N8O/c1-17(2)33-26(28-18(3)30-33)22-16-32-13-14-35-24-15-19(5-6-21(24)25(32)29-22)23-7-10-27-34(23)20-8-11-31(4)12-9-20/h5-7,10,15-17,20H,8-9,11-14H2,1-4H3. The third kappa shape index (κ3) is 3.93. The molecule has 0 saturated carbocycles. The fraction of sp³-hybridized carbons (Fsp3) is 0.462. The van der Waals surface area contributed by atoms with Crippen molar-refractivity contribution in [2.75, 3.05) is 26.7 Å². The number of hydrogen-bond acceptors (Lipinski definition) is 6. The van der Waals surface area contributed by atoms with Crippen molar-refractivity contribution in [1.82, 2.24) is 39.0 Å². The van der Waals surface area contributed by atoms with Gasteiger partial charge in [0.25, 0.3) is 0 Å². The lowest BCUT2D eigenvalue weighted by molar-refractivity contribution is 0.213. The first-order chi connectivity index (χ1) is 17.0. The Kier molecular flexibility index (Phi) is 5.44. The van der Waals surface area contributed by atoms with E-state index in [1.807, 2.05) is 17.8 Å². The van der Waals surface area contributed by atoms with Crippen LogP contribution in [0.5, 0.6) is 5.75 Å². The van der Waals surface area contributed by atoms with Crippen LogP contribution in [0.15, 0.2) is 36.7 Å². The van der Waals surface area contributed by atoms with E-state index >= 15 is 0 Å². The smallest absolute Gasteiger partial charge is 0.178 e. The minimum absolute atomic E-state index is 0.209. The average Bonchev–Trinajstić information content (AvgIpc) is 3.56. The maximum atomic E-state index is 6.21. The lowest BCUT2D eigenvalue weighted by atomic mass is 10.0. The molecule has 0 bridgehead atoms. The number of likely N-dealkylation sites (tertiary alicyclic amines) is 1. The van der Waals surface area contributed by atoms with Crippen LogP contribution in [0.4, 0.5) is 0 Å². The first-order valence-corrected chi connectivity index (χ1v) is 12.5. The molecule has 2 aliphatic rings. The zero-order chi connectivity index (χ0) is 24.1. The molecule has 1 fully saturated rings. The van der Waals surface area contributed by atoms with Gasteiger partial charge in [0, 0.05) is 24.0 Å². The zero-order valence-corrected chi connectivity index (χ0v) is 20.8.